The van der Waals surface area contributed by atoms with Gasteiger partial charge in [0.05, 0.1) is 15.5 Å². The fourth-order valence-corrected chi connectivity index (χ4v) is 10.8. The van der Waals surface area contributed by atoms with Crippen LogP contribution in [0.3, 0.4) is 0 Å². The molecular weight excluding hydrogens is 687 g/mol. The van der Waals surface area contributed by atoms with Gasteiger partial charge in [-0.2, -0.15) is 8.61 Å². The van der Waals surface area contributed by atoms with Crippen LogP contribution in [0.4, 0.5) is 16.2 Å². The van der Waals surface area contributed by atoms with Gasteiger partial charge >= 0.3 is 12.1 Å². The Morgan fingerprint density at radius 1 is 0.780 bits per heavy atom. The van der Waals surface area contributed by atoms with Crippen molar-refractivity contribution in [3.05, 3.63) is 41.3 Å². The second-order valence-electron chi connectivity index (χ2n) is 14.5. The van der Waals surface area contributed by atoms with Gasteiger partial charge in [0.25, 0.3) is 0 Å². The van der Waals surface area contributed by atoms with E-state index in [4.69, 9.17) is 4.84 Å². The quantitative estimate of drug-likeness (QED) is 0.129. The topological polar surface area (TPSA) is 192 Å². The minimum Gasteiger partial charge on any atom is -0.480 e. The summed E-state index contributed by atoms with van der Waals surface area (Å²) in [4.78, 5) is 42.1. The van der Waals surface area contributed by atoms with Crippen molar-refractivity contribution in [2.75, 3.05) is 31.7 Å². The van der Waals surface area contributed by atoms with Crippen LogP contribution in [-0.4, -0.2) is 74.8 Å². The van der Waals surface area contributed by atoms with Crippen molar-refractivity contribution in [2.24, 2.45) is 34.8 Å². The second kappa shape index (κ2) is 14.4. The molecule has 5 atom stereocenters. The van der Waals surface area contributed by atoms with E-state index in [0.717, 1.165) is 12.8 Å². The molecule has 0 aliphatic carbocycles. The van der Waals surface area contributed by atoms with Crippen molar-refractivity contribution in [3.8, 4) is 0 Å². The van der Waals surface area contributed by atoms with E-state index in [1.807, 2.05) is 27.7 Å². The van der Waals surface area contributed by atoms with Crippen LogP contribution in [0.5, 0.6) is 0 Å². The molecule has 2 aliphatic heterocycles. The van der Waals surface area contributed by atoms with Gasteiger partial charge in [0.2, 0.25) is 20.0 Å². The van der Waals surface area contributed by atoms with Gasteiger partial charge < -0.3 is 15.3 Å². The molecule has 50 heavy (non-hydrogen) atoms. The fraction of sp³-hybridized carbons (Fsp3) is 0.529. The predicted molar refractivity (Wildman–Crippen MR) is 190 cm³/mol. The van der Waals surface area contributed by atoms with E-state index in [-0.39, 0.29) is 66.4 Å². The Labute approximate surface area is 292 Å². The van der Waals surface area contributed by atoms with Gasteiger partial charge in [-0.15, -0.1) is 4.91 Å². The molecule has 0 bridgehead atoms. The zero-order valence-electron chi connectivity index (χ0n) is 29.0. The smallest absolute Gasteiger partial charge is 0.432 e. The van der Waals surface area contributed by atoms with Gasteiger partial charge in [-0.25, -0.2) is 31.9 Å². The first-order valence-corrected chi connectivity index (χ1v) is 19.6. The molecule has 2 heterocycles. The molecular formula is C34H45N5O9S2. The lowest BCUT2D eigenvalue weighted by Crippen LogP contribution is -2.45. The number of hydrogen-bond donors (Lipinski definition) is 3. The summed E-state index contributed by atoms with van der Waals surface area (Å²) < 4.78 is 58.7. The lowest BCUT2D eigenvalue weighted by atomic mass is 9.94. The Morgan fingerprint density at radius 2 is 1.20 bits per heavy atom. The number of piperidine rings is 2. The second-order valence-corrected chi connectivity index (χ2v) is 18.3. The Balaban J connectivity index is 1.69. The Morgan fingerprint density at radius 3 is 1.56 bits per heavy atom. The number of fused-ring (bicyclic) bond motifs is 2. The number of sulfonamides is 2. The lowest BCUT2D eigenvalue weighted by molar-refractivity contribution is -0.140. The molecule has 16 heteroatoms. The minimum absolute atomic E-state index is 0.0103. The maximum absolute atomic E-state index is 14.0. The number of hydrogen-bond acceptors (Lipinski definition) is 10. The van der Waals surface area contributed by atoms with Crippen LogP contribution in [0.2, 0.25) is 0 Å². The van der Waals surface area contributed by atoms with Gasteiger partial charge in [0.15, 0.2) is 0 Å². The SMILES string of the molecule is CC(C)[C@H](NC(=O)ONc1c2cc(S(=O)(=O)N3C[C@H](C)C[C@H](C)C3)ccc2c(N=O)c2ccc(S(=O)(=O)N3C[C@H](C)C[C@H](C)C3)cc12)C(=O)O. The van der Waals surface area contributed by atoms with Gasteiger partial charge in [0.1, 0.15) is 11.7 Å². The van der Waals surface area contributed by atoms with Crippen molar-refractivity contribution < 1.29 is 36.4 Å². The molecule has 3 aromatic rings. The summed E-state index contributed by atoms with van der Waals surface area (Å²) in [5.74, 6) is -1.21. The van der Waals surface area contributed by atoms with Crippen LogP contribution in [0, 0.1) is 34.5 Å². The molecule has 2 aliphatic rings. The Kier molecular flexibility index (Phi) is 10.8. The number of nitrogens with one attached hydrogen (secondary N) is 2. The summed E-state index contributed by atoms with van der Waals surface area (Å²) in [6.07, 6.45) is 0.625. The first kappa shape index (κ1) is 37.4. The minimum atomic E-state index is -4.02. The van der Waals surface area contributed by atoms with Crippen molar-refractivity contribution >= 4 is 65.0 Å². The first-order valence-electron chi connectivity index (χ1n) is 16.8. The molecule has 0 radical (unpaired) electrons. The molecule has 0 saturated carbocycles. The lowest BCUT2D eigenvalue weighted by Gasteiger charge is -2.34. The third-order valence-electron chi connectivity index (χ3n) is 9.52. The van der Waals surface area contributed by atoms with Crippen molar-refractivity contribution in [2.45, 2.75) is 70.2 Å². The number of carboxylic acid groups (broad SMARTS) is 1. The number of aliphatic carboxylic acids is 1. The standard InChI is InChI=1S/C34H45N5O9S2/c1-19(2)30(33(40)41)35-34(42)48-37-32-28-13-24(49(44,45)38-15-20(3)11-21(4)16-38)7-9-26(28)31(36-43)27-10-8-25(14-29(27)32)50(46,47)39-17-22(5)12-23(6)18-39/h7-10,13-14,19-23,30,37H,11-12,15-18H2,1-6H3,(H,35,42)(H,40,41)/t20-,21+,22-,23+,30-/m0/s1. The van der Waals surface area contributed by atoms with E-state index in [9.17, 15) is 36.4 Å². The van der Waals surface area contributed by atoms with E-state index in [2.05, 4.69) is 16.0 Å². The normalized spacial score (nSPS) is 23.1. The van der Waals surface area contributed by atoms with Crippen LogP contribution >= 0.6 is 0 Å². The molecule has 3 aromatic carbocycles. The van der Waals surface area contributed by atoms with Gasteiger partial charge in [-0.1, -0.05) is 53.7 Å². The highest BCUT2D eigenvalue weighted by atomic mass is 32.2. The molecule has 3 N–H and O–H groups in total. The monoisotopic (exact) mass is 731 g/mol. The third-order valence-corrected chi connectivity index (χ3v) is 13.2. The molecule has 14 nitrogen and oxygen atoms in total. The summed E-state index contributed by atoms with van der Waals surface area (Å²) in [6, 6.07) is 7.07. The average molecular weight is 732 g/mol. The fourth-order valence-electron chi connectivity index (χ4n) is 7.36. The van der Waals surface area contributed by atoms with Gasteiger partial charge in [0, 0.05) is 47.7 Å². The molecule has 2 saturated heterocycles. The van der Waals surface area contributed by atoms with Crippen LogP contribution < -0.4 is 10.8 Å². The number of benzene rings is 3. The van der Waals surface area contributed by atoms with Crippen molar-refractivity contribution in [1.82, 2.24) is 13.9 Å². The van der Waals surface area contributed by atoms with E-state index in [0.29, 0.717) is 26.2 Å². The number of anilines is 1. The Hall–Kier alpha value is -3.86. The van der Waals surface area contributed by atoms with Crippen molar-refractivity contribution in [1.29, 1.82) is 0 Å². The van der Waals surface area contributed by atoms with E-state index in [1.165, 1.54) is 45.0 Å². The summed E-state index contributed by atoms with van der Waals surface area (Å²) in [6.45, 7) is 12.5. The predicted octanol–water partition coefficient (Wildman–Crippen LogP) is 5.89. The van der Waals surface area contributed by atoms with E-state index >= 15 is 0 Å². The highest BCUT2D eigenvalue weighted by Gasteiger charge is 2.34. The molecule has 0 aromatic heterocycles. The summed E-state index contributed by atoms with van der Waals surface area (Å²) >= 11 is 0. The molecule has 5 rings (SSSR count). The first-order chi connectivity index (χ1) is 23.4. The van der Waals surface area contributed by atoms with Gasteiger partial charge in [-0.05, 0) is 71.9 Å². The van der Waals surface area contributed by atoms with Crippen LogP contribution in [0.1, 0.15) is 54.4 Å². The number of rotatable bonds is 10. The van der Waals surface area contributed by atoms with Crippen molar-refractivity contribution in [3.63, 3.8) is 0 Å². The maximum Gasteiger partial charge on any atom is 0.432 e. The zero-order valence-corrected chi connectivity index (χ0v) is 30.7. The van der Waals surface area contributed by atoms with Crippen LogP contribution in [0.25, 0.3) is 21.5 Å². The van der Waals surface area contributed by atoms with E-state index < -0.39 is 44.1 Å². The maximum atomic E-state index is 14.0. The summed E-state index contributed by atoms with van der Waals surface area (Å²) in [5.41, 5.74) is 2.47. The average Bonchev–Trinajstić information content (AvgIpc) is 3.03. The number of carbonyl (C=O) groups excluding carboxylic acids is 1. The van der Waals surface area contributed by atoms with Crippen LogP contribution in [-0.2, 0) is 29.7 Å². The number of carbonyl (C=O) groups is 2. The largest absolute Gasteiger partial charge is 0.480 e. The third kappa shape index (κ3) is 7.43. The highest BCUT2D eigenvalue weighted by Crippen LogP contribution is 2.44. The number of nitroso groups, excluding NO2 is 1. The Bertz CT molecular complexity index is 1900. The van der Waals surface area contributed by atoms with Gasteiger partial charge in [-0.3, -0.25) is 0 Å². The zero-order chi connectivity index (χ0) is 36.7. The number of nitrogens with zero attached hydrogens (tertiary/aromatic N) is 3. The molecule has 272 valence electrons. The number of amides is 1. The summed E-state index contributed by atoms with van der Waals surface area (Å²) in [7, 11) is -8.05. The summed E-state index contributed by atoms with van der Waals surface area (Å²) in [5, 5.41) is 15.8. The van der Waals surface area contributed by atoms with E-state index in [1.54, 1.807) is 13.8 Å². The molecule has 0 unspecified atom stereocenters. The highest BCUT2D eigenvalue weighted by molar-refractivity contribution is 7.89. The molecule has 2 fully saturated rings. The molecule has 1 amide bonds. The van der Waals surface area contributed by atoms with Crippen LogP contribution in [0.15, 0.2) is 51.4 Å². The molecule has 0 spiro atoms. The number of carboxylic acids is 1.